The van der Waals surface area contributed by atoms with Gasteiger partial charge in [0.1, 0.15) is 13.1 Å². The summed E-state index contributed by atoms with van der Waals surface area (Å²) >= 11 is 0. The molecule has 0 saturated carbocycles. The maximum atomic E-state index is 12.2. The van der Waals surface area contributed by atoms with E-state index in [4.69, 9.17) is 16.3 Å². The normalized spacial score (nSPS) is 9.79. The van der Waals surface area contributed by atoms with Crippen LogP contribution >= 0.6 is 0 Å². The Morgan fingerprint density at radius 3 is 2.68 bits per heavy atom. The van der Waals surface area contributed by atoms with E-state index in [0.717, 1.165) is 4.90 Å². The second-order valence-corrected chi connectivity index (χ2v) is 3.85. The van der Waals surface area contributed by atoms with Crippen LogP contribution < -0.4 is 5.73 Å². The van der Waals surface area contributed by atoms with Crippen molar-refractivity contribution in [2.75, 3.05) is 18.8 Å². The molecule has 1 aromatic heterocycles. The Labute approximate surface area is 108 Å². The molecule has 7 heteroatoms. The molecule has 1 aromatic carbocycles. The zero-order valence-electron chi connectivity index (χ0n) is 9.92. The standard InChI is InChI=1S/C12H10N6O/c13-3-5-18(6-4-14)12(19)11-9-7-8(15)1-2-10(9)16-17-11/h1-2,7H,5-6,15H2,(H,16,17). The zero-order valence-corrected chi connectivity index (χ0v) is 9.92. The van der Waals surface area contributed by atoms with Gasteiger partial charge in [-0.2, -0.15) is 15.6 Å². The van der Waals surface area contributed by atoms with Gasteiger partial charge in [-0.15, -0.1) is 0 Å². The molecule has 19 heavy (non-hydrogen) atoms. The van der Waals surface area contributed by atoms with Crippen LogP contribution in [0, 0.1) is 22.7 Å². The van der Waals surface area contributed by atoms with Crippen LogP contribution in [0.4, 0.5) is 5.69 Å². The van der Waals surface area contributed by atoms with Gasteiger partial charge in [0.25, 0.3) is 5.91 Å². The van der Waals surface area contributed by atoms with Crippen LogP contribution in [-0.2, 0) is 0 Å². The van der Waals surface area contributed by atoms with Crippen molar-refractivity contribution in [1.29, 1.82) is 10.5 Å². The average molecular weight is 254 g/mol. The Morgan fingerprint density at radius 2 is 2.05 bits per heavy atom. The molecule has 2 aromatic rings. The number of hydrogen-bond acceptors (Lipinski definition) is 5. The second-order valence-electron chi connectivity index (χ2n) is 3.85. The summed E-state index contributed by atoms with van der Waals surface area (Å²) in [4.78, 5) is 13.3. The Morgan fingerprint density at radius 1 is 1.37 bits per heavy atom. The average Bonchev–Trinajstić information content (AvgIpc) is 2.80. The lowest BCUT2D eigenvalue weighted by molar-refractivity contribution is 0.0791. The Balaban J connectivity index is 2.43. The van der Waals surface area contributed by atoms with E-state index < -0.39 is 5.91 Å². The number of H-pyrrole nitrogens is 1. The number of nitrogens with zero attached hydrogens (tertiary/aromatic N) is 4. The van der Waals surface area contributed by atoms with E-state index in [2.05, 4.69) is 10.2 Å². The molecule has 2 rings (SSSR count). The van der Waals surface area contributed by atoms with Crippen molar-refractivity contribution in [3.05, 3.63) is 23.9 Å². The van der Waals surface area contributed by atoms with Gasteiger partial charge in [-0.25, -0.2) is 0 Å². The fraction of sp³-hybridized carbons (Fsp3) is 0.167. The van der Waals surface area contributed by atoms with E-state index in [1.54, 1.807) is 18.2 Å². The van der Waals surface area contributed by atoms with Crippen molar-refractivity contribution in [2.45, 2.75) is 0 Å². The molecular formula is C12H10N6O. The largest absolute Gasteiger partial charge is 0.399 e. The maximum absolute atomic E-state index is 12.2. The molecule has 0 unspecified atom stereocenters. The minimum absolute atomic E-state index is 0.160. The number of hydrogen-bond donors (Lipinski definition) is 2. The number of amides is 1. The number of anilines is 1. The highest BCUT2D eigenvalue weighted by atomic mass is 16.2. The summed E-state index contributed by atoms with van der Waals surface area (Å²) in [6.07, 6.45) is 0. The van der Waals surface area contributed by atoms with E-state index in [9.17, 15) is 4.79 Å². The summed E-state index contributed by atoms with van der Waals surface area (Å²) in [6, 6.07) is 8.73. The van der Waals surface area contributed by atoms with E-state index in [1.807, 2.05) is 12.1 Å². The summed E-state index contributed by atoms with van der Waals surface area (Å²) in [5.74, 6) is -0.472. The van der Waals surface area contributed by atoms with Crippen molar-refractivity contribution in [2.24, 2.45) is 0 Å². The lowest BCUT2D eigenvalue weighted by Crippen LogP contribution is -2.32. The highest BCUT2D eigenvalue weighted by molar-refractivity contribution is 6.05. The van der Waals surface area contributed by atoms with Crippen molar-refractivity contribution in [3.63, 3.8) is 0 Å². The molecule has 0 spiro atoms. The Hall–Kier alpha value is -3.06. The lowest BCUT2D eigenvalue weighted by Gasteiger charge is -2.14. The monoisotopic (exact) mass is 254 g/mol. The highest BCUT2D eigenvalue weighted by Gasteiger charge is 2.20. The van der Waals surface area contributed by atoms with Crippen LogP contribution in [0.5, 0.6) is 0 Å². The number of nitrogens with two attached hydrogens (primary N) is 1. The number of nitrogen functional groups attached to an aromatic ring is 1. The van der Waals surface area contributed by atoms with Gasteiger partial charge in [-0.1, -0.05) is 0 Å². The second kappa shape index (κ2) is 5.07. The van der Waals surface area contributed by atoms with Crippen molar-refractivity contribution in [1.82, 2.24) is 15.1 Å². The third-order valence-electron chi connectivity index (χ3n) is 2.60. The molecule has 0 saturated heterocycles. The topological polar surface area (TPSA) is 123 Å². The number of benzene rings is 1. The molecule has 0 aliphatic carbocycles. The fourth-order valence-electron chi connectivity index (χ4n) is 1.71. The molecule has 1 heterocycles. The van der Waals surface area contributed by atoms with Crippen LogP contribution in [0.1, 0.15) is 10.5 Å². The lowest BCUT2D eigenvalue weighted by atomic mass is 10.1. The first kappa shape index (κ1) is 12.4. The number of rotatable bonds is 3. The molecule has 94 valence electrons. The summed E-state index contributed by atoms with van der Waals surface area (Å²) in [7, 11) is 0. The quantitative estimate of drug-likeness (QED) is 0.614. The number of fused-ring (bicyclic) bond motifs is 1. The highest BCUT2D eigenvalue weighted by Crippen LogP contribution is 2.20. The third-order valence-corrected chi connectivity index (χ3v) is 2.60. The predicted molar refractivity (Wildman–Crippen MR) is 67.6 cm³/mol. The summed E-state index contributed by atoms with van der Waals surface area (Å²) < 4.78 is 0. The van der Waals surface area contributed by atoms with Crippen molar-refractivity contribution in [3.8, 4) is 12.1 Å². The summed E-state index contributed by atoms with van der Waals surface area (Å²) in [5, 5.41) is 24.6. The Kier molecular flexibility index (Phi) is 3.31. The van der Waals surface area contributed by atoms with Gasteiger partial charge in [0.15, 0.2) is 5.69 Å². The molecule has 0 aliphatic rings. The molecule has 3 N–H and O–H groups in total. The molecule has 1 amide bonds. The molecule has 0 aliphatic heterocycles. The number of aromatic amines is 1. The van der Waals surface area contributed by atoms with Crippen LogP contribution in [0.3, 0.4) is 0 Å². The smallest absolute Gasteiger partial charge is 0.276 e. The van der Waals surface area contributed by atoms with E-state index in [1.165, 1.54) is 0 Å². The van der Waals surface area contributed by atoms with Gasteiger partial charge in [0.05, 0.1) is 17.7 Å². The van der Waals surface area contributed by atoms with Crippen LogP contribution in [-0.4, -0.2) is 34.1 Å². The van der Waals surface area contributed by atoms with Gasteiger partial charge in [0, 0.05) is 11.1 Å². The number of nitrogens with one attached hydrogen (secondary N) is 1. The summed E-state index contributed by atoms with van der Waals surface area (Å²) in [6.45, 7) is -0.327. The van der Waals surface area contributed by atoms with Gasteiger partial charge in [-0.05, 0) is 18.2 Å². The SMILES string of the molecule is N#CCN(CC#N)C(=O)c1n[nH]c2ccc(N)cc12. The molecule has 0 atom stereocenters. The first-order valence-electron chi connectivity index (χ1n) is 5.44. The minimum Gasteiger partial charge on any atom is -0.399 e. The van der Waals surface area contributed by atoms with Gasteiger partial charge in [-0.3, -0.25) is 9.89 Å². The van der Waals surface area contributed by atoms with Crippen molar-refractivity contribution < 1.29 is 4.79 Å². The third kappa shape index (κ3) is 2.31. The van der Waals surface area contributed by atoms with E-state index >= 15 is 0 Å². The number of nitriles is 2. The first-order valence-corrected chi connectivity index (χ1v) is 5.44. The summed E-state index contributed by atoms with van der Waals surface area (Å²) in [5.41, 5.74) is 7.02. The van der Waals surface area contributed by atoms with Gasteiger partial charge < -0.3 is 10.6 Å². The first-order chi connectivity index (χ1) is 9.17. The van der Waals surface area contributed by atoms with Gasteiger partial charge >= 0.3 is 0 Å². The van der Waals surface area contributed by atoms with Gasteiger partial charge in [0.2, 0.25) is 0 Å². The van der Waals surface area contributed by atoms with Crippen LogP contribution in [0.15, 0.2) is 18.2 Å². The van der Waals surface area contributed by atoms with Crippen LogP contribution in [0.2, 0.25) is 0 Å². The fourth-order valence-corrected chi connectivity index (χ4v) is 1.71. The molecule has 7 nitrogen and oxygen atoms in total. The molecular weight excluding hydrogens is 244 g/mol. The predicted octanol–water partition coefficient (Wildman–Crippen LogP) is 0.634. The molecule has 0 fully saturated rings. The Bertz CT molecular complexity index is 689. The number of carbonyl (C=O) groups excluding carboxylic acids is 1. The van der Waals surface area contributed by atoms with E-state index in [0.29, 0.717) is 16.6 Å². The molecule has 0 radical (unpaired) electrons. The number of carbonyl (C=O) groups is 1. The van der Waals surface area contributed by atoms with Crippen LogP contribution in [0.25, 0.3) is 10.9 Å². The minimum atomic E-state index is -0.472. The molecule has 0 bridgehead atoms. The van der Waals surface area contributed by atoms with Crippen molar-refractivity contribution >= 4 is 22.5 Å². The number of aromatic nitrogens is 2. The van der Waals surface area contributed by atoms with E-state index in [-0.39, 0.29) is 18.8 Å². The zero-order chi connectivity index (χ0) is 13.8. The maximum Gasteiger partial charge on any atom is 0.276 e.